The van der Waals surface area contributed by atoms with Crippen LogP contribution in [0.4, 0.5) is 0 Å². The summed E-state index contributed by atoms with van der Waals surface area (Å²) in [5.41, 5.74) is 6.54. The molecular formula is C47H46O6-2. The molecular weight excluding hydrogens is 661 g/mol. The predicted molar refractivity (Wildman–Crippen MR) is 208 cm³/mol. The summed E-state index contributed by atoms with van der Waals surface area (Å²) in [6, 6.07) is 45.9. The molecule has 0 bridgehead atoms. The van der Waals surface area contributed by atoms with E-state index in [0.29, 0.717) is 11.1 Å². The van der Waals surface area contributed by atoms with Gasteiger partial charge in [-0.15, -0.1) is 0 Å². The van der Waals surface area contributed by atoms with Gasteiger partial charge in [-0.05, 0) is 56.6 Å². The maximum absolute atomic E-state index is 12.8. The number of carboxylic acid groups (broad SMARTS) is 2. The predicted octanol–water partition coefficient (Wildman–Crippen LogP) is 10.2. The lowest BCUT2D eigenvalue weighted by molar-refractivity contribution is -0.270. The average Bonchev–Trinajstić information content (AvgIpc) is 3.18. The molecule has 0 aromatic heterocycles. The van der Waals surface area contributed by atoms with Gasteiger partial charge in [-0.2, -0.15) is 0 Å². The highest BCUT2D eigenvalue weighted by Gasteiger charge is 2.20. The van der Waals surface area contributed by atoms with Crippen LogP contribution in [0.2, 0.25) is 0 Å². The number of aromatic carboxylic acids is 2. The summed E-state index contributed by atoms with van der Waals surface area (Å²) in [5, 5.41) is 44.5. The molecule has 6 rings (SSSR count). The summed E-state index contributed by atoms with van der Waals surface area (Å²) >= 11 is 0. The Balaban J connectivity index is 0.000000232. The van der Waals surface area contributed by atoms with Crippen molar-refractivity contribution in [3.05, 3.63) is 201 Å². The molecule has 6 aromatic rings. The third-order valence-corrected chi connectivity index (χ3v) is 9.87. The van der Waals surface area contributed by atoms with Crippen molar-refractivity contribution < 1.29 is 30.0 Å². The fourth-order valence-electron chi connectivity index (χ4n) is 6.52. The summed E-state index contributed by atoms with van der Waals surface area (Å²) in [5.74, 6) is -3.53. The Labute approximate surface area is 312 Å². The van der Waals surface area contributed by atoms with E-state index in [9.17, 15) is 30.0 Å². The van der Waals surface area contributed by atoms with Gasteiger partial charge in [0.15, 0.2) is 0 Å². The first-order chi connectivity index (χ1) is 25.0. The second kappa shape index (κ2) is 17.9. The number of hydrogen-bond acceptors (Lipinski definition) is 4. The smallest absolute Gasteiger partial charge is 0.335 e. The topological polar surface area (TPSA) is 121 Å². The maximum Gasteiger partial charge on any atom is 0.335 e. The van der Waals surface area contributed by atoms with E-state index in [2.05, 4.69) is 0 Å². The summed E-state index contributed by atoms with van der Waals surface area (Å²) < 4.78 is 0. The number of carboxylic acids is 2. The van der Waals surface area contributed by atoms with Crippen LogP contribution >= 0.6 is 0 Å². The van der Waals surface area contributed by atoms with E-state index in [1.54, 1.807) is 0 Å². The van der Waals surface area contributed by atoms with Crippen molar-refractivity contribution in [3.8, 4) is 11.5 Å². The molecule has 0 fully saturated rings. The van der Waals surface area contributed by atoms with Crippen molar-refractivity contribution >= 4 is 11.9 Å². The highest BCUT2D eigenvalue weighted by atomic mass is 16.4. The second-order valence-electron chi connectivity index (χ2n) is 13.1. The van der Waals surface area contributed by atoms with Gasteiger partial charge in [-0.25, -0.2) is 9.59 Å². The van der Waals surface area contributed by atoms with Crippen molar-refractivity contribution in [2.75, 3.05) is 0 Å². The lowest BCUT2D eigenvalue weighted by Gasteiger charge is -2.25. The van der Waals surface area contributed by atoms with Crippen LogP contribution in [0.15, 0.2) is 146 Å². The normalized spacial score (nSPS) is 12.9. The molecule has 4 atom stereocenters. The highest BCUT2D eigenvalue weighted by molar-refractivity contribution is 5.92. The minimum absolute atomic E-state index is 0. The molecule has 0 saturated heterocycles. The SMILES string of the molecule is C.CC(c1ccccc1)c1cc(C(=O)O)c([O-])c(C(C)c2ccccc2)c1.CC(c1ccccc1)c1cc(C(=O)O)c([O-])c(C(C)c2ccccc2)c1. The Morgan fingerprint density at radius 3 is 0.906 bits per heavy atom. The number of benzene rings is 6. The first-order valence-electron chi connectivity index (χ1n) is 17.3. The lowest BCUT2D eigenvalue weighted by Crippen LogP contribution is -2.12. The maximum atomic E-state index is 12.8. The van der Waals surface area contributed by atoms with Crippen LogP contribution in [0.1, 0.15) is 124 Å². The zero-order chi connectivity index (χ0) is 37.4. The number of carbonyl (C=O) groups is 2. The van der Waals surface area contributed by atoms with Crippen LogP contribution in [0.25, 0.3) is 0 Å². The van der Waals surface area contributed by atoms with Crippen molar-refractivity contribution in [2.45, 2.75) is 58.8 Å². The summed E-state index contributed by atoms with van der Waals surface area (Å²) in [4.78, 5) is 23.3. The van der Waals surface area contributed by atoms with Gasteiger partial charge in [-0.3, -0.25) is 0 Å². The third-order valence-electron chi connectivity index (χ3n) is 9.87. The molecule has 0 radical (unpaired) electrons. The minimum Gasteiger partial charge on any atom is -0.872 e. The Bertz CT molecular complexity index is 1960. The standard InChI is InChI=1S/2C23H22O3.CH4/c2*1-15(17-9-5-3-6-10-17)19-13-20(22(24)21(14-19)23(25)26)16(2)18-11-7-4-8-12-18;/h2*3-16,24H,1-2H3,(H,25,26);1H4/p-2. The van der Waals surface area contributed by atoms with Gasteiger partial charge in [0.05, 0.1) is 11.1 Å². The van der Waals surface area contributed by atoms with E-state index in [0.717, 1.165) is 33.4 Å². The lowest BCUT2D eigenvalue weighted by atomic mass is 9.85. The van der Waals surface area contributed by atoms with E-state index in [-0.39, 0.29) is 42.2 Å². The van der Waals surface area contributed by atoms with Crippen LogP contribution in [0.3, 0.4) is 0 Å². The first kappa shape index (κ1) is 39.6. The first-order valence-corrected chi connectivity index (χ1v) is 17.3. The zero-order valence-electron chi connectivity index (χ0n) is 29.7. The molecule has 0 saturated carbocycles. The molecule has 0 heterocycles. The average molecular weight is 707 g/mol. The Morgan fingerprint density at radius 2 is 0.660 bits per heavy atom. The number of hydrogen-bond donors (Lipinski definition) is 2. The molecule has 272 valence electrons. The van der Waals surface area contributed by atoms with E-state index in [1.807, 2.05) is 161 Å². The fraction of sp³-hybridized carbons (Fsp3) is 0.191. The Hall–Kier alpha value is -6.14. The van der Waals surface area contributed by atoms with Gasteiger partial charge in [-0.1, -0.05) is 180 Å². The van der Waals surface area contributed by atoms with Crippen LogP contribution in [0, 0.1) is 0 Å². The van der Waals surface area contributed by atoms with Gasteiger partial charge in [0, 0.05) is 23.7 Å². The Morgan fingerprint density at radius 1 is 0.415 bits per heavy atom. The van der Waals surface area contributed by atoms with Crippen molar-refractivity contribution in [1.29, 1.82) is 0 Å². The molecule has 4 unspecified atom stereocenters. The molecule has 6 heteroatoms. The van der Waals surface area contributed by atoms with Crippen LogP contribution in [0.5, 0.6) is 11.5 Å². The summed E-state index contributed by atoms with van der Waals surface area (Å²) in [7, 11) is 0. The number of rotatable bonds is 10. The zero-order valence-corrected chi connectivity index (χ0v) is 29.7. The minimum atomic E-state index is -1.18. The van der Waals surface area contributed by atoms with Gasteiger partial charge in [0.25, 0.3) is 0 Å². The van der Waals surface area contributed by atoms with Gasteiger partial charge >= 0.3 is 11.9 Å². The molecule has 6 aromatic carbocycles. The quantitative estimate of drug-likeness (QED) is 0.146. The fourth-order valence-corrected chi connectivity index (χ4v) is 6.52. The third kappa shape index (κ3) is 9.21. The Kier molecular flexibility index (Phi) is 13.4. The highest BCUT2D eigenvalue weighted by Crippen LogP contribution is 2.38. The second-order valence-corrected chi connectivity index (χ2v) is 13.1. The van der Waals surface area contributed by atoms with E-state index in [1.165, 1.54) is 12.1 Å². The summed E-state index contributed by atoms with van der Waals surface area (Å²) in [6.07, 6.45) is 0. The van der Waals surface area contributed by atoms with Crippen LogP contribution < -0.4 is 10.2 Å². The van der Waals surface area contributed by atoms with E-state index in [4.69, 9.17) is 0 Å². The molecule has 0 aliphatic rings. The largest absolute Gasteiger partial charge is 0.872 e. The van der Waals surface area contributed by atoms with Crippen molar-refractivity contribution in [3.63, 3.8) is 0 Å². The van der Waals surface area contributed by atoms with Gasteiger partial charge < -0.3 is 20.4 Å². The van der Waals surface area contributed by atoms with Crippen LogP contribution in [-0.4, -0.2) is 22.2 Å². The molecule has 0 amide bonds. The molecule has 2 N–H and O–H groups in total. The van der Waals surface area contributed by atoms with Gasteiger partial charge in [0.1, 0.15) is 0 Å². The molecule has 6 nitrogen and oxygen atoms in total. The molecule has 53 heavy (non-hydrogen) atoms. The van der Waals surface area contributed by atoms with E-state index < -0.39 is 23.4 Å². The molecule has 0 aliphatic heterocycles. The monoisotopic (exact) mass is 706 g/mol. The van der Waals surface area contributed by atoms with Crippen molar-refractivity contribution in [2.24, 2.45) is 0 Å². The van der Waals surface area contributed by atoms with E-state index >= 15 is 0 Å². The van der Waals surface area contributed by atoms with Crippen molar-refractivity contribution in [1.82, 2.24) is 0 Å². The molecule has 0 spiro atoms. The van der Waals surface area contributed by atoms with Gasteiger partial charge in [0.2, 0.25) is 0 Å². The van der Waals surface area contributed by atoms with Crippen LogP contribution in [-0.2, 0) is 0 Å². The summed E-state index contributed by atoms with van der Waals surface area (Å²) in [6.45, 7) is 7.93. The molecule has 0 aliphatic carbocycles.